The van der Waals surface area contributed by atoms with E-state index in [9.17, 15) is 32.7 Å². The quantitative estimate of drug-likeness (QED) is 0.319. The molecule has 0 unspecified atom stereocenters. The molecular weight excluding hydrogens is 657 g/mol. The van der Waals surface area contributed by atoms with Gasteiger partial charge < -0.3 is 35.8 Å². The summed E-state index contributed by atoms with van der Waals surface area (Å²) in [5.41, 5.74) is 0.667. The lowest BCUT2D eigenvalue weighted by molar-refractivity contribution is -0.138. The first kappa shape index (κ1) is 33.7. The van der Waals surface area contributed by atoms with Gasteiger partial charge in [0.1, 0.15) is 11.8 Å². The number of nitrogens with zero attached hydrogens (tertiary/aromatic N) is 3. The molecular formula is C32H40ClF3N6O4S. The van der Waals surface area contributed by atoms with Crippen LogP contribution in [-0.4, -0.2) is 89.1 Å². The third kappa shape index (κ3) is 7.59. The summed E-state index contributed by atoms with van der Waals surface area (Å²) in [5.74, 6) is -0.314. The maximum Gasteiger partial charge on any atom is 0.420 e. The molecule has 0 radical (unpaired) electrons. The first-order valence-corrected chi connectivity index (χ1v) is 17.6. The van der Waals surface area contributed by atoms with E-state index in [2.05, 4.69) is 16.0 Å². The molecule has 1 aromatic heterocycles. The van der Waals surface area contributed by atoms with E-state index in [0.717, 1.165) is 56.1 Å². The van der Waals surface area contributed by atoms with Crippen molar-refractivity contribution < 1.29 is 32.7 Å². The van der Waals surface area contributed by atoms with Gasteiger partial charge in [0.2, 0.25) is 5.91 Å². The fourth-order valence-corrected chi connectivity index (χ4v) is 8.49. The van der Waals surface area contributed by atoms with Crippen molar-refractivity contribution in [1.29, 1.82) is 0 Å². The lowest BCUT2D eigenvalue weighted by atomic mass is 9.79. The van der Waals surface area contributed by atoms with Gasteiger partial charge in [-0.05, 0) is 86.5 Å². The van der Waals surface area contributed by atoms with Crippen LogP contribution in [-0.2, 0) is 23.9 Å². The molecule has 5 heterocycles. The number of hydrogen-bond donors (Lipinski definition) is 4. The molecule has 15 heteroatoms. The van der Waals surface area contributed by atoms with Gasteiger partial charge in [-0.1, -0.05) is 11.6 Å². The molecule has 4 aliphatic heterocycles. The smallest absolute Gasteiger partial charge is 0.420 e. The zero-order chi connectivity index (χ0) is 33.3. The van der Waals surface area contributed by atoms with Crippen LogP contribution in [0.25, 0.3) is 0 Å². The Morgan fingerprint density at radius 3 is 2.34 bits per heavy atom. The normalized spacial score (nSPS) is 20.9. The average molecular weight is 697 g/mol. The topological polar surface area (TPSA) is 117 Å². The molecule has 1 atom stereocenters. The molecule has 5 amide bonds. The number of fused-ring (bicyclic) bond motifs is 1. The lowest BCUT2D eigenvalue weighted by Gasteiger charge is -2.41. The van der Waals surface area contributed by atoms with Crippen molar-refractivity contribution in [1.82, 2.24) is 25.3 Å². The van der Waals surface area contributed by atoms with Crippen molar-refractivity contribution in [2.24, 2.45) is 11.8 Å². The van der Waals surface area contributed by atoms with Crippen LogP contribution >= 0.6 is 22.9 Å². The molecule has 4 N–H and O–H groups in total. The number of piperidine rings is 3. The molecule has 1 aromatic carbocycles. The van der Waals surface area contributed by atoms with Gasteiger partial charge in [0.05, 0.1) is 22.8 Å². The van der Waals surface area contributed by atoms with Gasteiger partial charge in [-0.3, -0.25) is 4.79 Å². The first-order chi connectivity index (χ1) is 22.5. The molecule has 47 heavy (non-hydrogen) atoms. The van der Waals surface area contributed by atoms with Gasteiger partial charge in [0.15, 0.2) is 0 Å². The second kappa shape index (κ2) is 14.1. The summed E-state index contributed by atoms with van der Waals surface area (Å²) in [5, 5.41) is 22.5. The Kier molecular flexibility index (Phi) is 10.1. The fourth-order valence-electron chi connectivity index (χ4n) is 7.47. The minimum atomic E-state index is -4.86. The van der Waals surface area contributed by atoms with E-state index >= 15 is 0 Å². The highest BCUT2D eigenvalue weighted by atomic mass is 35.5. The van der Waals surface area contributed by atoms with E-state index in [1.165, 1.54) is 17.4 Å². The van der Waals surface area contributed by atoms with Gasteiger partial charge in [0, 0.05) is 49.6 Å². The highest BCUT2D eigenvalue weighted by Crippen LogP contribution is 2.41. The molecule has 3 fully saturated rings. The molecule has 10 nitrogen and oxygen atoms in total. The van der Waals surface area contributed by atoms with Gasteiger partial charge in [0.25, 0.3) is 0 Å². The van der Waals surface area contributed by atoms with E-state index in [4.69, 9.17) is 11.6 Å². The van der Waals surface area contributed by atoms with Crippen molar-refractivity contribution in [2.45, 2.75) is 69.8 Å². The van der Waals surface area contributed by atoms with Crippen molar-refractivity contribution >= 4 is 46.6 Å². The number of thiophene rings is 1. The number of carbonyl (C=O) groups is 3. The Bertz CT molecular complexity index is 1470. The summed E-state index contributed by atoms with van der Waals surface area (Å²) in [4.78, 5) is 45.3. The number of likely N-dealkylation sites (tertiary alicyclic amines) is 2. The number of aromatic hydroxyl groups is 1. The van der Waals surface area contributed by atoms with E-state index in [1.54, 1.807) is 14.7 Å². The zero-order valence-electron chi connectivity index (χ0n) is 26.0. The van der Waals surface area contributed by atoms with E-state index < -0.39 is 34.6 Å². The van der Waals surface area contributed by atoms with Gasteiger partial charge >= 0.3 is 18.2 Å². The number of alkyl halides is 3. The Hall–Kier alpha value is -3.23. The molecule has 0 spiro atoms. The highest BCUT2D eigenvalue weighted by Gasteiger charge is 2.38. The molecule has 3 saturated heterocycles. The predicted molar refractivity (Wildman–Crippen MR) is 173 cm³/mol. The number of anilines is 1. The third-order valence-electron chi connectivity index (χ3n) is 10.1. The largest absolute Gasteiger partial charge is 0.506 e. The van der Waals surface area contributed by atoms with Crippen LogP contribution in [0.1, 0.15) is 55.2 Å². The van der Waals surface area contributed by atoms with E-state index in [-0.39, 0.29) is 30.0 Å². The molecule has 0 saturated carbocycles. The second-order valence-corrected chi connectivity index (χ2v) is 14.2. The Labute approximate surface area is 280 Å². The van der Waals surface area contributed by atoms with Crippen molar-refractivity contribution in [3.63, 3.8) is 0 Å². The number of nitrogens with one attached hydrogen (secondary N) is 3. The molecule has 256 valence electrons. The minimum absolute atomic E-state index is 0.0642. The van der Waals surface area contributed by atoms with Crippen molar-refractivity contribution in [3.8, 4) is 5.75 Å². The maximum absolute atomic E-state index is 13.9. The third-order valence-corrected chi connectivity index (χ3v) is 11.2. The van der Waals surface area contributed by atoms with Crippen LogP contribution in [0.5, 0.6) is 5.75 Å². The molecule has 2 aromatic rings. The summed E-state index contributed by atoms with van der Waals surface area (Å²) in [6.45, 7) is 4.21. The summed E-state index contributed by atoms with van der Waals surface area (Å²) in [6.07, 6.45) is -0.102. The van der Waals surface area contributed by atoms with Crippen LogP contribution < -0.4 is 16.0 Å². The van der Waals surface area contributed by atoms with Gasteiger partial charge in [-0.2, -0.15) is 13.2 Å². The van der Waals surface area contributed by atoms with Crippen molar-refractivity contribution in [3.05, 3.63) is 44.6 Å². The van der Waals surface area contributed by atoms with E-state index in [0.29, 0.717) is 57.4 Å². The minimum Gasteiger partial charge on any atom is -0.506 e. The number of phenolic OH excluding ortho intramolecular Hbond substituents is 1. The van der Waals surface area contributed by atoms with Crippen LogP contribution in [0.2, 0.25) is 5.02 Å². The Balaban J connectivity index is 1.13. The van der Waals surface area contributed by atoms with Crippen LogP contribution in [0, 0.1) is 11.8 Å². The number of rotatable bonds is 6. The Morgan fingerprint density at radius 1 is 1.00 bits per heavy atom. The summed E-state index contributed by atoms with van der Waals surface area (Å²) >= 11 is 7.51. The maximum atomic E-state index is 13.9. The summed E-state index contributed by atoms with van der Waals surface area (Å²) < 4.78 is 41.1. The number of carbonyl (C=O) groups excluding carboxylic acids is 3. The van der Waals surface area contributed by atoms with Crippen LogP contribution in [0.3, 0.4) is 0 Å². The zero-order valence-corrected chi connectivity index (χ0v) is 27.5. The van der Waals surface area contributed by atoms with Crippen LogP contribution in [0.4, 0.5) is 28.4 Å². The number of benzene rings is 1. The SMILES string of the molecule is O=C(N[C@H](Cc1cc(Cl)c(O)c(C(F)(F)F)c1)C(=O)N1CCC(C2CCNCC2)CC1)N1CCC(N2Cc3cscc3NC2=O)CC1. The Morgan fingerprint density at radius 2 is 1.66 bits per heavy atom. The molecule has 4 aliphatic rings. The summed E-state index contributed by atoms with van der Waals surface area (Å²) in [7, 11) is 0. The summed E-state index contributed by atoms with van der Waals surface area (Å²) in [6, 6.07) is 0.128. The van der Waals surface area contributed by atoms with Gasteiger partial charge in [-0.15, -0.1) is 11.3 Å². The lowest BCUT2D eigenvalue weighted by Crippen LogP contribution is -2.57. The van der Waals surface area contributed by atoms with Crippen LogP contribution in [0.15, 0.2) is 22.9 Å². The monoisotopic (exact) mass is 696 g/mol. The molecule has 0 bridgehead atoms. The standard InChI is InChI=1S/C32H40ClF3N6O4S/c33-25-14-19(13-24(28(25)43)32(34,35)36)15-26(29(44)40-9-3-21(4-10-40)20-1-7-37-8-2-20)38-30(45)41-11-5-23(6-12-41)42-16-22-17-47-18-27(22)39-31(42)46/h13-14,17-18,20-21,23,26,37,43H,1-12,15-16H2,(H,38,45)(H,39,46)/t26-/m1/s1. The number of urea groups is 2. The number of halogens is 4. The van der Waals surface area contributed by atoms with Gasteiger partial charge in [-0.25, -0.2) is 9.59 Å². The van der Waals surface area contributed by atoms with E-state index in [1.807, 2.05) is 10.8 Å². The van der Waals surface area contributed by atoms with Crippen molar-refractivity contribution in [2.75, 3.05) is 44.6 Å². The average Bonchev–Trinajstić information content (AvgIpc) is 3.52. The number of amides is 5. The highest BCUT2D eigenvalue weighted by molar-refractivity contribution is 7.08. The number of phenols is 1. The first-order valence-electron chi connectivity index (χ1n) is 16.2. The molecule has 0 aliphatic carbocycles. The fraction of sp³-hybridized carbons (Fsp3) is 0.594. The molecule has 6 rings (SSSR count). The second-order valence-electron chi connectivity index (χ2n) is 13.0. The predicted octanol–water partition coefficient (Wildman–Crippen LogP) is 5.50. The number of hydrogen-bond acceptors (Lipinski definition) is 6.